The van der Waals surface area contributed by atoms with Crippen molar-refractivity contribution in [1.29, 1.82) is 0 Å². The first kappa shape index (κ1) is 19.8. The molecule has 0 saturated heterocycles. The maximum Gasteiger partial charge on any atom is 0.248 e. The first-order valence-electron chi connectivity index (χ1n) is 8.82. The van der Waals surface area contributed by atoms with Gasteiger partial charge in [0.2, 0.25) is 11.5 Å². The van der Waals surface area contributed by atoms with Gasteiger partial charge in [-0.15, -0.1) is 0 Å². The minimum atomic E-state index is -0.478. The number of benzene rings is 2. The molecule has 0 spiro atoms. The lowest BCUT2D eigenvalue weighted by atomic mass is 10.1. The second-order valence-corrected chi connectivity index (χ2v) is 6.27. The van der Waals surface area contributed by atoms with Crippen molar-refractivity contribution in [2.45, 2.75) is 6.92 Å². The quantitative estimate of drug-likeness (QED) is 0.631. The zero-order valence-electron chi connectivity index (χ0n) is 16.5. The SMILES string of the molecule is C=Nn1c(-c2cc(C)ccc2OC)cc(Nc2ccc(C(N)=O)cc2)nc1=NC. The van der Waals surface area contributed by atoms with Crippen LogP contribution in [0.3, 0.4) is 0 Å². The number of nitrogens with two attached hydrogens (primary N) is 1. The first-order valence-corrected chi connectivity index (χ1v) is 8.82. The number of methoxy groups -OCH3 is 1. The van der Waals surface area contributed by atoms with Gasteiger partial charge in [-0.05, 0) is 43.3 Å². The van der Waals surface area contributed by atoms with Gasteiger partial charge in [0.25, 0.3) is 0 Å². The van der Waals surface area contributed by atoms with Crippen molar-refractivity contribution >= 4 is 24.1 Å². The molecule has 0 bridgehead atoms. The summed E-state index contributed by atoms with van der Waals surface area (Å²) in [5, 5.41) is 7.30. The normalized spacial score (nSPS) is 11.2. The lowest BCUT2D eigenvalue weighted by Crippen LogP contribution is -2.24. The molecule has 0 fully saturated rings. The molecule has 8 nitrogen and oxygen atoms in total. The zero-order chi connectivity index (χ0) is 21.0. The molecule has 3 N–H and O–H groups in total. The van der Waals surface area contributed by atoms with Crippen molar-refractivity contribution in [3.63, 3.8) is 0 Å². The second kappa shape index (κ2) is 8.39. The minimum Gasteiger partial charge on any atom is -0.496 e. The molecule has 0 aliphatic rings. The number of primary amides is 1. The Morgan fingerprint density at radius 3 is 2.52 bits per heavy atom. The number of aryl methyl sites for hydroxylation is 1. The third-order valence-corrected chi connectivity index (χ3v) is 4.33. The monoisotopic (exact) mass is 390 g/mol. The number of carbonyl (C=O) groups is 1. The molecule has 29 heavy (non-hydrogen) atoms. The number of hydrogen-bond donors (Lipinski definition) is 2. The number of aromatic nitrogens is 2. The Hall–Kier alpha value is -3.94. The largest absolute Gasteiger partial charge is 0.496 e. The van der Waals surface area contributed by atoms with Gasteiger partial charge in [-0.3, -0.25) is 9.79 Å². The van der Waals surface area contributed by atoms with E-state index in [0.29, 0.717) is 28.4 Å². The van der Waals surface area contributed by atoms with Gasteiger partial charge >= 0.3 is 0 Å². The fourth-order valence-corrected chi connectivity index (χ4v) is 2.91. The fraction of sp³-hybridized carbons (Fsp3) is 0.143. The van der Waals surface area contributed by atoms with Crippen LogP contribution in [0.5, 0.6) is 5.75 Å². The lowest BCUT2D eigenvalue weighted by Gasteiger charge is -2.15. The maximum absolute atomic E-state index is 11.3. The van der Waals surface area contributed by atoms with Crippen molar-refractivity contribution in [2.75, 3.05) is 19.5 Å². The molecule has 0 radical (unpaired) electrons. The van der Waals surface area contributed by atoms with Crippen molar-refractivity contribution in [3.8, 4) is 17.0 Å². The van der Waals surface area contributed by atoms with Gasteiger partial charge in [0.05, 0.1) is 12.8 Å². The summed E-state index contributed by atoms with van der Waals surface area (Å²) < 4.78 is 7.09. The van der Waals surface area contributed by atoms with Crippen LogP contribution in [0.1, 0.15) is 15.9 Å². The summed E-state index contributed by atoms with van der Waals surface area (Å²) in [6.07, 6.45) is 0. The Balaban J connectivity index is 2.14. The number of hydrogen-bond acceptors (Lipinski definition) is 6. The fourth-order valence-electron chi connectivity index (χ4n) is 2.91. The molecule has 2 aromatic carbocycles. The van der Waals surface area contributed by atoms with E-state index in [9.17, 15) is 4.79 Å². The smallest absolute Gasteiger partial charge is 0.248 e. The molecule has 1 amide bonds. The minimum absolute atomic E-state index is 0.373. The van der Waals surface area contributed by atoms with E-state index in [-0.39, 0.29) is 0 Å². The third kappa shape index (κ3) is 4.16. The number of amides is 1. The molecule has 1 heterocycles. The van der Waals surface area contributed by atoms with Crippen molar-refractivity contribution in [3.05, 3.63) is 65.3 Å². The van der Waals surface area contributed by atoms with Crippen LogP contribution in [0.25, 0.3) is 11.3 Å². The number of carbonyl (C=O) groups excluding carboxylic acids is 1. The van der Waals surface area contributed by atoms with Crippen molar-refractivity contribution < 1.29 is 9.53 Å². The molecule has 0 aliphatic heterocycles. The number of nitrogens with one attached hydrogen (secondary N) is 1. The summed E-state index contributed by atoms with van der Waals surface area (Å²) in [6, 6.07) is 14.5. The van der Waals surface area contributed by atoms with Gasteiger partial charge in [-0.1, -0.05) is 11.6 Å². The van der Waals surface area contributed by atoms with Crippen LogP contribution in [0.15, 0.2) is 58.6 Å². The predicted octanol–water partition coefficient (Wildman–Crippen LogP) is 2.70. The molecular formula is C21H22N6O2. The molecule has 1 aromatic heterocycles. The predicted molar refractivity (Wildman–Crippen MR) is 114 cm³/mol. The second-order valence-electron chi connectivity index (χ2n) is 6.27. The first-order chi connectivity index (χ1) is 14.0. The molecule has 3 aromatic rings. The van der Waals surface area contributed by atoms with E-state index in [4.69, 9.17) is 10.5 Å². The van der Waals surface area contributed by atoms with Gasteiger partial charge < -0.3 is 15.8 Å². The molecule has 148 valence electrons. The average molecular weight is 390 g/mol. The number of anilines is 2. The molecule has 0 atom stereocenters. The number of rotatable bonds is 6. The van der Waals surface area contributed by atoms with Gasteiger partial charge in [0.1, 0.15) is 11.6 Å². The zero-order valence-corrected chi connectivity index (χ0v) is 16.5. The van der Waals surface area contributed by atoms with Gasteiger partial charge in [0, 0.05) is 36.6 Å². The van der Waals surface area contributed by atoms with Crippen LogP contribution < -0.4 is 21.4 Å². The van der Waals surface area contributed by atoms with Gasteiger partial charge in [-0.25, -0.2) is 0 Å². The van der Waals surface area contributed by atoms with Crippen LogP contribution in [-0.4, -0.2) is 36.4 Å². The molecule has 3 rings (SSSR count). The Bertz CT molecular complexity index is 1130. The highest BCUT2D eigenvalue weighted by Crippen LogP contribution is 2.31. The average Bonchev–Trinajstić information content (AvgIpc) is 2.73. The Morgan fingerprint density at radius 2 is 1.93 bits per heavy atom. The van der Waals surface area contributed by atoms with E-state index < -0.39 is 5.91 Å². The van der Waals surface area contributed by atoms with E-state index in [2.05, 4.69) is 27.1 Å². The molecule has 8 heteroatoms. The third-order valence-electron chi connectivity index (χ3n) is 4.33. The maximum atomic E-state index is 11.3. The van der Waals surface area contributed by atoms with Crippen LogP contribution in [0.4, 0.5) is 11.5 Å². The Labute approximate surface area is 168 Å². The lowest BCUT2D eigenvalue weighted by molar-refractivity contribution is 0.100. The highest BCUT2D eigenvalue weighted by molar-refractivity contribution is 5.93. The standard InChI is InChI=1S/C21H22N6O2/c1-13-5-10-18(29-4)16(11-13)17-12-19(26-21(23-2)27(17)24-3)25-15-8-6-14(7-9-15)20(22)28/h5-12H,3H2,1-2,4H3,(H2,22,28)(H,23,25,26). The Kier molecular flexibility index (Phi) is 5.73. The van der Waals surface area contributed by atoms with Crippen LogP contribution in [-0.2, 0) is 0 Å². The highest BCUT2D eigenvalue weighted by Gasteiger charge is 2.14. The van der Waals surface area contributed by atoms with Crippen molar-refractivity contribution in [1.82, 2.24) is 9.66 Å². The van der Waals surface area contributed by atoms with Crippen LogP contribution >= 0.6 is 0 Å². The highest BCUT2D eigenvalue weighted by atomic mass is 16.5. The molecule has 0 unspecified atom stereocenters. The summed E-state index contributed by atoms with van der Waals surface area (Å²) in [6.45, 7) is 5.65. The van der Waals surface area contributed by atoms with E-state index in [0.717, 1.165) is 16.8 Å². The van der Waals surface area contributed by atoms with E-state index >= 15 is 0 Å². The van der Waals surface area contributed by atoms with E-state index in [1.807, 2.05) is 31.2 Å². The molecule has 0 saturated carbocycles. The van der Waals surface area contributed by atoms with Crippen molar-refractivity contribution in [2.24, 2.45) is 15.8 Å². The molecular weight excluding hydrogens is 368 g/mol. The van der Waals surface area contributed by atoms with E-state index in [1.165, 1.54) is 0 Å². The summed E-state index contributed by atoms with van der Waals surface area (Å²) >= 11 is 0. The van der Waals surface area contributed by atoms with Gasteiger partial charge in [-0.2, -0.15) is 14.8 Å². The topological polar surface area (TPSA) is 107 Å². The Morgan fingerprint density at radius 1 is 1.21 bits per heavy atom. The van der Waals surface area contributed by atoms with Gasteiger partial charge in [0.15, 0.2) is 0 Å². The van der Waals surface area contributed by atoms with Crippen LogP contribution in [0, 0.1) is 6.92 Å². The summed E-state index contributed by atoms with van der Waals surface area (Å²) in [5.74, 6) is 0.766. The summed E-state index contributed by atoms with van der Waals surface area (Å²) in [5.41, 5.74) is 9.46. The van der Waals surface area contributed by atoms with Crippen LogP contribution in [0.2, 0.25) is 0 Å². The summed E-state index contributed by atoms with van der Waals surface area (Å²) in [4.78, 5) is 20.0. The number of nitrogens with zero attached hydrogens (tertiary/aromatic N) is 4. The van der Waals surface area contributed by atoms with E-state index in [1.54, 1.807) is 43.1 Å². The number of ether oxygens (including phenoxy) is 1. The molecule has 0 aliphatic carbocycles. The summed E-state index contributed by atoms with van der Waals surface area (Å²) in [7, 11) is 3.25.